The number of phenolic OH excluding ortho intramolecular Hbond substituents is 1. The average Bonchev–Trinajstić information content (AvgIpc) is 3.93. The summed E-state index contributed by atoms with van der Waals surface area (Å²) in [6.45, 7) is 11.7. The fourth-order valence-electron chi connectivity index (χ4n) is 9.41. The van der Waals surface area contributed by atoms with E-state index in [1.807, 2.05) is 50.2 Å². The Hall–Kier alpha value is -5.84. The number of nitrogens with zero attached hydrogens (tertiary/aromatic N) is 6. The van der Waals surface area contributed by atoms with E-state index in [2.05, 4.69) is 53.2 Å². The van der Waals surface area contributed by atoms with Crippen LogP contribution < -0.4 is 10.7 Å². The van der Waals surface area contributed by atoms with Crippen molar-refractivity contribution in [1.82, 2.24) is 40.0 Å². The van der Waals surface area contributed by atoms with Crippen LogP contribution in [0.15, 0.2) is 54.9 Å². The number of fused-ring (bicyclic) bond motifs is 6. The van der Waals surface area contributed by atoms with Crippen LogP contribution in [0.4, 0.5) is 0 Å². The maximum Gasteiger partial charge on any atom is 0.324 e. The molecule has 3 N–H and O–H groups in total. The quantitative estimate of drug-likeness (QED) is 0.146. The molecule has 3 aliphatic rings. The predicted molar refractivity (Wildman–Crippen MR) is 246 cm³/mol. The second kappa shape index (κ2) is 19.3. The zero-order valence-corrected chi connectivity index (χ0v) is 39.1. The Labute approximate surface area is 381 Å². The summed E-state index contributed by atoms with van der Waals surface area (Å²) in [4.78, 5) is 78.6. The van der Waals surface area contributed by atoms with Crippen LogP contribution in [0.3, 0.4) is 0 Å². The fourth-order valence-corrected chi connectivity index (χ4v) is 9.41. The van der Waals surface area contributed by atoms with E-state index in [9.17, 15) is 29.1 Å². The first-order valence-corrected chi connectivity index (χ1v) is 22.6. The predicted octanol–water partition coefficient (Wildman–Crippen LogP) is 4.15. The van der Waals surface area contributed by atoms with Crippen molar-refractivity contribution in [3.8, 4) is 28.1 Å². The van der Waals surface area contributed by atoms with Gasteiger partial charge in [-0.15, -0.1) is 0 Å². The number of hydrazine groups is 1. The highest BCUT2D eigenvalue weighted by Gasteiger charge is 2.41. The zero-order chi connectivity index (χ0) is 46.9. The van der Waals surface area contributed by atoms with Crippen molar-refractivity contribution in [3.63, 3.8) is 0 Å². The Morgan fingerprint density at radius 2 is 1.85 bits per heavy atom. The molecule has 2 fully saturated rings. The lowest BCUT2D eigenvalue weighted by Crippen LogP contribution is -2.62. The molecule has 6 bridgehead atoms. The lowest BCUT2D eigenvalue weighted by molar-refractivity contribution is -0.155. The van der Waals surface area contributed by atoms with Gasteiger partial charge >= 0.3 is 5.97 Å². The van der Waals surface area contributed by atoms with E-state index in [-0.39, 0.29) is 49.7 Å². The number of hydrogen-bond donors (Lipinski definition) is 3. The highest BCUT2D eigenvalue weighted by atomic mass is 16.5. The topological polar surface area (TPSA) is 179 Å². The van der Waals surface area contributed by atoms with Gasteiger partial charge in [0.25, 0.3) is 5.91 Å². The number of esters is 1. The number of aromatic nitrogens is 2. The number of aryl methyl sites for hydroxylation is 1. The third-order valence-corrected chi connectivity index (χ3v) is 12.9. The van der Waals surface area contributed by atoms with Crippen LogP contribution in [-0.2, 0) is 59.4 Å². The second-order valence-corrected chi connectivity index (χ2v) is 19.0. The number of cyclic esters (lactones) is 1. The van der Waals surface area contributed by atoms with Gasteiger partial charge in [0.05, 0.1) is 25.5 Å². The van der Waals surface area contributed by atoms with E-state index in [0.717, 1.165) is 38.9 Å². The molecule has 348 valence electrons. The highest BCUT2D eigenvalue weighted by Crippen LogP contribution is 2.41. The van der Waals surface area contributed by atoms with Gasteiger partial charge in [-0.1, -0.05) is 39.8 Å². The number of carbonyl (C=O) groups excluding carboxylic acids is 5. The van der Waals surface area contributed by atoms with E-state index < -0.39 is 47.2 Å². The Bertz CT molecular complexity index is 2470. The normalized spacial score (nSPS) is 21.4. The zero-order valence-electron chi connectivity index (χ0n) is 39.1. The number of hydrogen-bond acceptors (Lipinski definition) is 11. The molecule has 4 amide bonds. The van der Waals surface area contributed by atoms with E-state index in [1.54, 1.807) is 32.5 Å². The first-order chi connectivity index (χ1) is 30.9. The lowest BCUT2D eigenvalue weighted by atomic mass is 9.84. The minimum Gasteiger partial charge on any atom is -0.508 e. The molecule has 0 radical (unpaired) electrons. The molecule has 2 saturated heterocycles. The van der Waals surface area contributed by atoms with Crippen LogP contribution in [0.1, 0.15) is 64.2 Å². The van der Waals surface area contributed by atoms with E-state index in [1.165, 1.54) is 21.9 Å². The smallest absolute Gasteiger partial charge is 0.324 e. The first kappa shape index (κ1) is 47.1. The third kappa shape index (κ3) is 10.2. The molecule has 5 heterocycles. The van der Waals surface area contributed by atoms with Gasteiger partial charge in [0.15, 0.2) is 0 Å². The Kier molecular flexibility index (Phi) is 14.0. The molecule has 0 aliphatic carbocycles. The number of pyridine rings is 1. The lowest BCUT2D eigenvalue weighted by Gasteiger charge is -2.37. The maximum atomic E-state index is 14.7. The molecule has 65 heavy (non-hydrogen) atoms. The number of phenols is 1. The molecule has 4 aromatic rings. The van der Waals surface area contributed by atoms with Crippen LogP contribution in [0.2, 0.25) is 0 Å². The number of ether oxygens (including phenoxy) is 2. The fraction of sp³-hybridized carbons (Fsp3) is 0.510. The molecular formula is C49H64N8O8. The highest BCUT2D eigenvalue weighted by molar-refractivity contribution is 5.96. The van der Waals surface area contributed by atoms with Gasteiger partial charge in [0.1, 0.15) is 29.9 Å². The monoisotopic (exact) mass is 892 g/mol. The van der Waals surface area contributed by atoms with Crippen molar-refractivity contribution in [2.45, 2.75) is 97.6 Å². The van der Waals surface area contributed by atoms with Gasteiger partial charge < -0.3 is 34.3 Å². The standard InChI is InChI=1S/C49H64N8O8/c1-10-56-40-14-13-31-22-35(40)36(44(56)37-24-50-16-15-32(37)27-64-9)23-49(4,5)28-65-48(63)38-12-11-17-57(52-38)46(61)39(20-30-18-33(31)21-34(58)19-30)51-45(60)43(29(2)3)55(8)42(59)26-54(7)47(62)41-25-53(41)6/h13-16,18-19,21-22,24,29,38-39,41,43,52,58H,10-12,17,20,23,25-28H2,1-9H3,(H,51,60)/t38-,39-,41+,43?,53?/m0/s1. The molecular weight excluding hydrogens is 829 g/mol. The molecule has 7 rings (SSSR count). The van der Waals surface area contributed by atoms with E-state index in [0.29, 0.717) is 50.1 Å². The third-order valence-electron chi connectivity index (χ3n) is 12.9. The molecule has 16 nitrogen and oxygen atoms in total. The van der Waals surface area contributed by atoms with Crippen molar-refractivity contribution in [2.24, 2.45) is 11.3 Å². The summed E-state index contributed by atoms with van der Waals surface area (Å²) in [7, 11) is 6.60. The molecule has 2 aromatic carbocycles. The molecule has 5 atom stereocenters. The summed E-state index contributed by atoms with van der Waals surface area (Å²) in [5, 5.41) is 16.6. The van der Waals surface area contributed by atoms with Crippen molar-refractivity contribution < 1.29 is 38.6 Å². The van der Waals surface area contributed by atoms with Gasteiger partial charge in [-0.2, -0.15) is 0 Å². The average molecular weight is 893 g/mol. The largest absolute Gasteiger partial charge is 0.508 e. The van der Waals surface area contributed by atoms with Gasteiger partial charge in [0.2, 0.25) is 17.7 Å². The Balaban J connectivity index is 1.29. The number of nitrogens with one attached hydrogen (secondary N) is 2. The molecule has 3 aliphatic heterocycles. The SMILES string of the molecule is CCn1c(-c2cnccc2COC)c2c3cc(ccc31)-c1cc(O)cc(c1)C[C@H](NC(=O)C(C(C)C)N(C)C(=O)CN(C)C(=O)[C@H]1CN1C)C(=O)N1CCC[C@H](N1)C(=O)OCC(C)(C)C2. The van der Waals surface area contributed by atoms with Crippen LogP contribution in [0.25, 0.3) is 33.3 Å². The van der Waals surface area contributed by atoms with E-state index >= 15 is 0 Å². The second-order valence-electron chi connectivity index (χ2n) is 19.0. The van der Waals surface area contributed by atoms with Crippen molar-refractivity contribution in [3.05, 3.63) is 71.5 Å². The summed E-state index contributed by atoms with van der Waals surface area (Å²) in [5.41, 5.74) is 9.69. The molecule has 2 aromatic heterocycles. The molecule has 2 unspecified atom stereocenters. The van der Waals surface area contributed by atoms with Crippen LogP contribution in [0, 0.1) is 11.3 Å². The van der Waals surface area contributed by atoms with Crippen molar-refractivity contribution in [2.75, 3.05) is 54.5 Å². The summed E-state index contributed by atoms with van der Waals surface area (Å²) in [6.07, 6.45) is 5.10. The summed E-state index contributed by atoms with van der Waals surface area (Å²) in [6, 6.07) is 10.1. The maximum absolute atomic E-state index is 14.7. The number of carbonyl (C=O) groups is 5. The van der Waals surface area contributed by atoms with Gasteiger partial charge in [0, 0.05) is 81.5 Å². The minimum atomic E-state index is -1.17. The van der Waals surface area contributed by atoms with Crippen LogP contribution in [-0.4, -0.2) is 143 Å². The van der Waals surface area contributed by atoms with Gasteiger partial charge in [-0.25, -0.2) is 5.43 Å². The number of likely N-dealkylation sites (N-methyl/N-ethyl adjacent to an activating group) is 3. The summed E-state index contributed by atoms with van der Waals surface area (Å²) in [5.74, 6) is -2.51. The summed E-state index contributed by atoms with van der Waals surface area (Å²) >= 11 is 0. The minimum absolute atomic E-state index is 0.0161. The van der Waals surface area contributed by atoms with Gasteiger partial charge in [-0.3, -0.25) is 38.9 Å². The van der Waals surface area contributed by atoms with Gasteiger partial charge in [-0.05, 0) is 97.3 Å². The van der Waals surface area contributed by atoms with Crippen LogP contribution >= 0.6 is 0 Å². The molecule has 16 heteroatoms. The first-order valence-electron chi connectivity index (χ1n) is 22.6. The number of methoxy groups -OCH3 is 1. The number of aromatic hydroxyl groups is 1. The molecule has 0 saturated carbocycles. The van der Waals surface area contributed by atoms with Crippen molar-refractivity contribution >= 4 is 40.5 Å². The molecule has 0 spiro atoms. The number of rotatable bonds is 11. The van der Waals surface area contributed by atoms with E-state index in [4.69, 9.17) is 9.47 Å². The Morgan fingerprint density at radius 1 is 1.09 bits per heavy atom. The number of benzene rings is 2. The summed E-state index contributed by atoms with van der Waals surface area (Å²) < 4.78 is 14.0. The van der Waals surface area contributed by atoms with Crippen LogP contribution in [0.5, 0.6) is 5.75 Å². The van der Waals surface area contributed by atoms with Crippen molar-refractivity contribution in [1.29, 1.82) is 0 Å². The Morgan fingerprint density at radius 3 is 2.54 bits per heavy atom. The number of amides is 4.